The van der Waals surface area contributed by atoms with Crippen LogP contribution in [0.2, 0.25) is 0 Å². The lowest BCUT2D eigenvalue weighted by Gasteiger charge is -2.45. The van der Waals surface area contributed by atoms with Crippen LogP contribution in [0.5, 0.6) is 11.5 Å². The van der Waals surface area contributed by atoms with E-state index >= 15 is 0 Å². The zero-order chi connectivity index (χ0) is 42.7. The first-order valence-corrected chi connectivity index (χ1v) is 21.2. The van der Waals surface area contributed by atoms with Gasteiger partial charge in [0.15, 0.2) is 6.29 Å². The molecule has 63 heavy (non-hydrogen) atoms. The van der Waals surface area contributed by atoms with Gasteiger partial charge in [0.1, 0.15) is 60.5 Å². The highest BCUT2D eigenvalue weighted by Gasteiger charge is 2.49. The molecule has 0 amide bonds. The molecule has 0 aliphatic carbocycles. The van der Waals surface area contributed by atoms with Crippen molar-refractivity contribution in [1.29, 1.82) is 0 Å². The molecule has 8 rings (SSSR count). The lowest BCUT2D eigenvalue weighted by atomic mass is 9.97. The topological polar surface area (TPSA) is 135 Å². The summed E-state index contributed by atoms with van der Waals surface area (Å²) in [6.07, 6.45) is 0.137. The highest BCUT2D eigenvalue weighted by Crippen LogP contribution is 2.32. The largest absolute Gasteiger partial charge is 0.492 e. The lowest BCUT2D eigenvalue weighted by Crippen LogP contribution is -2.61. The summed E-state index contributed by atoms with van der Waals surface area (Å²) in [5, 5.41) is 17.3. The van der Waals surface area contributed by atoms with Gasteiger partial charge in [0.2, 0.25) is 0 Å². The van der Waals surface area contributed by atoms with E-state index < -0.39 is 30.7 Å². The van der Waals surface area contributed by atoms with Gasteiger partial charge >= 0.3 is 0 Å². The number of hydrogen-bond acceptors (Lipinski definition) is 12. The van der Waals surface area contributed by atoms with Crippen LogP contribution < -0.4 is 9.47 Å². The minimum atomic E-state index is -0.906. The van der Waals surface area contributed by atoms with Crippen molar-refractivity contribution in [3.8, 4) is 11.5 Å². The Bertz CT molecular complexity index is 2320. The van der Waals surface area contributed by atoms with Crippen molar-refractivity contribution in [2.24, 2.45) is 0 Å². The average molecular weight is 853 g/mol. The maximum absolute atomic E-state index is 6.86. The molecule has 326 valence electrons. The zero-order valence-corrected chi connectivity index (χ0v) is 35.0. The Balaban J connectivity index is 0.998. The number of benzene rings is 5. The van der Waals surface area contributed by atoms with Crippen LogP contribution in [0, 0.1) is 0 Å². The van der Waals surface area contributed by atoms with Crippen LogP contribution in [0.3, 0.4) is 0 Å². The molecule has 1 aliphatic rings. The molecule has 7 aromatic rings. The van der Waals surface area contributed by atoms with E-state index in [-0.39, 0.29) is 26.4 Å². The number of nitrogens with zero attached hydrogens (tertiary/aromatic N) is 6. The van der Waals surface area contributed by atoms with Crippen molar-refractivity contribution in [3.63, 3.8) is 0 Å². The summed E-state index contributed by atoms with van der Waals surface area (Å²) < 4.78 is 55.4. The Morgan fingerprint density at radius 1 is 0.444 bits per heavy atom. The third-order valence-corrected chi connectivity index (χ3v) is 10.2. The molecule has 1 fully saturated rings. The summed E-state index contributed by atoms with van der Waals surface area (Å²) in [7, 11) is 0. The van der Waals surface area contributed by atoms with Crippen molar-refractivity contribution in [2.45, 2.75) is 76.8 Å². The average Bonchev–Trinajstić information content (AvgIpc) is 4.00. The molecule has 0 unspecified atom stereocenters. The maximum atomic E-state index is 6.86. The number of ether oxygens (including phenoxy) is 8. The van der Waals surface area contributed by atoms with Gasteiger partial charge < -0.3 is 37.9 Å². The van der Waals surface area contributed by atoms with E-state index in [1.165, 1.54) is 0 Å². The van der Waals surface area contributed by atoms with Gasteiger partial charge in [-0.3, -0.25) is 0 Å². The van der Waals surface area contributed by atoms with E-state index in [9.17, 15) is 0 Å². The van der Waals surface area contributed by atoms with E-state index in [0.717, 1.165) is 28.2 Å². The summed E-state index contributed by atoms with van der Waals surface area (Å²) in [6, 6.07) is 49.4. The lowest BCUT2D eigenvalue weighted by molar-refractivity contribution is -0.331. The third kappa shape index (κ3) is 13.4. The predicted molar refractivity (Wildman–Crippen MR) is 232 cm³/mol. The van der Waals surface area contributed by atoms with E-state index in [1.54, 1.807) is 9.36 Å². The van der Waals surface area contributed by atoms with E-state index in [4.69, 9.17) is 37.9 Å². The molecule has 0 N–H and O–H groups in total. The monoisotopic (exact) mass is 852 g/mol. The van der Waals surface area contributed by atoms with Crippen molar-refractivity contribution in [2.75, 3.05) is 19.8 Å². The van der Waals surface area contributed by atoms with Crippen LogP contribution >= 0.6 is 0 Å². The maximum Gasteiger partial charge on any atom is 0.187 e. The summed E-state index contributed by atoms with van der Waals surface area (Å²) in [6.45, 7) is 3.24. The van der Waals surface area contributed by atoms with E-state index in [1.807, 2.05) is 164 Å². The molecule has 1 saturated heterocycles. The van der Waals surface area contributed by atoms with Gasteiger partial charge in [-0.25, -0.2) is 9.36 Å². The Hall–Kier alpha value is -6.26. The molecule has 0 spiro atoms. The van der Waals surface area contributed by atoms with Crippen LogP contribution in [0.4, 0.5) is 0 Å². The van der Waals surface area contributed by atoms with Crippen molar-refractivity contribution in [1.82, 2.24) is 30.0 Å². The molecular weight excluding hydrogens is 801 g/mol. The Morgan fingerprint density at radius 3 is 1.37 bits per heavy atom. The number of para-hydroxylation sites is 2. The van der Waals surface area contributed by atoms with Crippen LogP contribution in [0.1, 0.15) is 28.1 Å². The van der Waals surface area contributed by atoms with Crippen molar-refractivity contribution >= 4 is 0 Å². The standard InChI is InChI=1S/C49H52N6O8/c1-6-16-38(17-7-1)32-59-46-45(37-56-35-41-30-54(52-50-41)26-28-57-43-22-12-4-13-23-43)63-49(62-36-42-31-55(53-51-42)27-29-58-44-24-14-5-15-25-44)48(61-34-40-20-10-3-11-21-40)47(46)60-33-39-18-8-2-9-19-39/h1-25,30-31,45-49H,26-29,32-37H2/t45-,46-,47+,48-,49+/m1/s1. The Morgan fingerprint density at radius 2 is 0.873 bits per heavy atom. The van der Waals surface area contributed by atoms with E-state index in [0.29, 0.717) is 50.9 Å². The van der Waals surface area contributed by atoms with Crippen LogP contribution in [0.15, 0.2) is 164 Å². The number of hydrogen-bond donors (Lipinski definition) is 0. The third-order valence-electron chi connectivity index (χ3n) is 10.2. The Labute approximate surface area is 367 Å². The molecule has 1 aliphatic heterocycles. The van der Waals surface area contributed by atoms with Gasteiger partial charge in [-0.2, -0.15) is 0 Å². The minimum Gasteiger partial charge on any atom is -0.492 e. The molecule has 0 bridgehead atoms. The normalized spacial score (nSPS) is 18.6. The van der Waals surface area contributed by atoms with Gasteiger partial charge in [-0.15, -0.1) is 10.2 Å². The SMILES string of the molecule is c1ccc(CO[C@@H]2[C@@H](OCc3ccccc3)[C@@H](OCc3cn(CCOc4ccccc4)nn3)O[C@H](COCc3cn(CCOc4ccccc4)nn3)[C@H]2OCc2ccccc2)cc1. The second-order valence-electron chi connectivity index (χ2n) is 14.9. The van der Waals surface area contributed by atoms with Crippen LogP contribution in [-0.2, 0) is 74.5 Å². The molecule has 0 radical (unpaired) electrons. The van der Waals surface area contributed by atoms with E-state index in [2.05, 4.69) is 20.6 Å². The molecule has 5 aromatic carbocycles. The number of aromatic nitrogens is 6. The second-order valence-corrected chi connectivity index (χ2v) is 14.9. The zero-order valence-electron chi connectivity index (χ0n) is 35.0. The fourth-order valence-corrected chi connectivity index (χ4v) is 7.04. The molecule has 14 nitrogen and oxygen atoms in total. The fourth-order valence-electron chi connectivity index (χ4n) is 7.04. The first-order valence-electron chi connectivity index (χ1n) is 21.2. The van der Waals surface area contributed by atoms with Gasteiger partial charge in [0.05, 0.1) is 65.1 Å². The van der Waals surface area contributed by atoms with Crippen molar-refractivity contribution < 1.29 is 37.9 Å². The first kappa shape index (κ1) is 43.4. The summed E-state index contributed by atoms with van der Waals surface area (Å²) in [4.78, 5) is 0. The van der Waals surface area contributed by atoms with Gasteiger partial charge in [-0.1, -0.05) is 138 Å². The number of rotatable bonds is 24. The summed E-state index contributed by atoms with van der Waals surface area (Å²) in [5.41, 5.74) is 4.28. The Kier molecular flexibility index (Phi) is 16.0. The van der Waals surface area contributed by atoms with Gasteiger partial charge in [0.25, 0.3) is 0 Å². The molecule has 2 aromatic heterocycles. The minimum absolute atomic E-state index is 0.0982. The molecule has 14 heteroatoms. The molecule has 3 heterocycles. The molecule has 5 atom stereocenters. The van der Waals surface area contributed by atoms with Crippen LogP contribution in [0.25, 0.3) is 0 Å². The first-order chi connectivity index (χ1) is 31.2. The smallest absolute Gasteiger partial charge is 0.187 e. The molecular formula is C49H52N6O8. The summed E-state index contributed by atoms with van der Waals surface area (Å²) in [5.74, 6) is 1.59. The summed E-state index contributed by atoms with van der Waals surface area (Å²) >= 11 is 0. The van der Waals surface area contributed by atoms with Crippen molar-refractivity contribution in [3.05, 3.63) is 192 Å². The fraction of sp³-hybridized carbons (Fsp3) is 0.306. The van der Waals surface area contributed by atoms with Gasteiger partial charge in [-0.05, 0) is 41.0 Å². The quantitative estimate of drug-likeness (QED) is 0.0607. The predicted octanol–water partition coefficient (Wildman–Crippen LogP) is 7.24. The highest BCUT2D eigenvalue weighted by atomic mass is 16.7. The highest BCUT2D eigenvalue weighted by molar-refractivity contribution is 5.22. The molecule has 0 saturated carbocycles. The second kappa shape index (κ2) is 23.3. The van der Waals surface area contributed by atoms with Gasteiger partial charge in [0, 0.05) is 0 Å². The van der Waals surface area contributed by atoms with Crippen LogP contribution in [-0.4, -0.2) is 80.5 Å².